The maximum atomic E-state index is 4.68. The largest absolute Gasteiger partial charge is 0.298 e. The van der Waals surface area contributed by atoms with Crippen LogP contribution in [0.4, 0.5) is 0 Å². The number of hydrogen-bond donors (Lipinski definition) is 0. The summed E-state index contributed by atoms with van der Waals surface area (Å²) in [5, 5.41) is 0. The predicted molar refractivity (Wildman–Crippen MR) is 205 cm³/mol. The molecular weight excluding hydrogens is 530 g/mol. The van der Waals surface area contributed by atoms with E-state index in [0.717, 1.165) is 6.54 Å². The van der Waals surface area contributed by atoms with E-state index in [9.17, 15) is 0 Å². The summed E-state index contributed by atoms with van der Waals surface area (Å²) in [4.78, 5) is 4.68. The zero-order chi connectivity index (χ0) is 31.7. The van der Waals surface area contributed by atoms with Gasteiger partial charge < -0.3 is 0 Å². The molecule has 0 amide bonds. The van der Waals surface area contributed by atoms with Gasteiger partial charge in [0.25, 0.3) is 0 Å². The lowest BCUT2D eigenvalue weighted by Crippen LogP contribution is -1.86. The summed E-state index contributed by atoms with van der Waals surface area (Å²) >= 11 is 0. The van der Waals surface area contributed by atoms with Crippen molar-refractivity contribution in [2.45, 2.75) is 264 Å². The molecule has 1 heteroatoms. The van der Waals surface area contributed by atoms with Crippen LogP contribution in [0.15, 0.2) is 4.99 Å². The van der Waals surface area contributed by atoms with Crippen molar-refractivity contribution in [2.24, 2.45) is 4.99 Å². The van der Waals surface area contributed by atoms with Gasteiger partial charge in [-0.3, -0.25) is 4.99 Å². The van der Waals surface area contributed by atoms with Crippen LogP contribution in [-0.2, 0) is 0 Å². The Morgan fingerprint density at radius 2 is 0.455 bits per heavy atom. The molecule has 0 rings (SSSR count). The lowest BCUT2D eigenvalue weighted by Gasteiger charge is -2.04. The van der Waals surface area contributed by atoms with E-state index >= 15 is 0 Å². The lowest BCUT2D eigenvalue weighted by atomic mass is 10.0. The van der Waals surface area contributed by atoms with Crippen LogP contribution in [0.3, 0.4) is 0 Å². The molecule has 0 fully saturated rings. The Balaban J connectivity index is 3.08. The van der Waals surface area contributed by atoms with Gasteiger partial charge in [0.2, 0.25) is 0 Å². The Morgan fingerprint density at radius 3 is 0.705 bits per heavy atom. The summed E-state index contributed by atoms with van der Waals surface area (Å²) in [6, 6.07) is 0. The third kappa shape index (κ3) is 41.7. The van der Waals surface area contributed by atoms with Crippen molar-refractivity contribution < 1.29 is 0 Å². The van der Waals surface area contributed by atoms with E-state index in [1.165, 1.54) is 250 Å². The Labute approximate surface area is 281 Å². The molecule has 0 aromatic rings. The molecule has 0 aliphatic carbocycles. The minimum absolute atomic E-state index is 1.07. The maximum absolute atomic E-state index is 4.68. The van der Waals surface area contributed by atoms with Crippen molar-refractivity contribution in [3.63, 3.8) is 0 Å². The van der Waals surface area contributed by atoms with Gasteiger partial charge in [-0.15, -0.1) is 0 Å². The molecule has 44 heavy (non-hydrogen) atoms. The second-order valence-corrected chi connectivity index (χ2v) is 14.6. The molecule has 0 saturated carbocycles. The normalized spacial score (nSPS) is 11.8. The molecule has 0 aromatic heterocycles. The van der Waals surface area contributed by atoms with Gasteiger partial charge in [-0.2, -0.15) is 0 Å². The molecule has 0 N–H and O–H groups in total. The highest BCUT2D eigenvalue weighted by atomic mass is 14.7. The first-order valence-corrected chi connectivity index (χ1v) is 21.4. The van der Waals surface area contributed by atoms with Crippen LogP contribution >= 0.6 is 0 Å². The fraction of sp³-hybridized carbons (Fsp3) is 0.977. The van der Waals surface area contributed by atoms with E-state index < -0.39 is 0 Å². The molecule has 0 saturated heterocycles. The van der Waals surface area contributed by atoms with Gasteiger partial charge in [-0.05, 0) is 25.5 Å². The Hall–Kier alpha value is -0.330. The van der Waals surface area contributed by atoms with E-state index in [1.54, 1.807) is 0 Å². The van der Waals surface area contributed by atoms with Crippen molar-refractivity contribution in [2.75, 3.05) is 6.54 Å². The number of hydrogen-bond acceptors (Lipinski definition) is 1. The molecule has 0 spiro atoms. The highest BCUT2D eigenvalue weighted by Gasteiger charge is 1.97. The molecule has 0 heterocycles. The molecule has 0 aliphatic heterocycles. The molecule has 0 atom stereocenters. The second kappa shape index (κ2) is 42.7. The van der Waals surface area contributed by atoms with Crippen molar-refractivity contribution in [1.82, 2.24) is 0 Å². The Kier molecular flexibility index (Phi) is 42.3. The average Bonchev–Trinajstić information content (AvgIpc) is 3.04. The summed E-state index contributed by atoms with van der Waals surface area (Å²) in [5.74, 6) is 0. The Morgan fingerprint density at radius 1 is 0.250 bits per heavy atom. The first-order chi connectivity index (χ1) is 21.9. The van der Waals surface area contributed by atoms with Crippen LogP contribution in [0.5, 0.6) is 0 Å². The minimum Gasteiger partial charge on any atom is -0.298 e. The van der Waals surface area contributed by atoms with Crippen LogP contribution in [-0.4, -0.2) is 12.8 Å². The zero-order valence-electron chi connectivity index (χ0n) is 31.3. The van der Waals surface area contributed by atoms with Gasteiger partial charge in [0.15, 0.2) is 0 Å². The van der Waals surface area contributed by atoms with Crippen LogP contribution in [0, 0.1) is 0 Å². The van der Waals surface area contributed by atoms with Crippen LogP contribution in [0.1, 0.15) is 264 Å². The monoisotopic (exact) mass is 618 g/mol. The smallest absolute Gasteiger partial charge is 0.0385 e. The first kappa shape index (κ1) is 43.7. The fourth-order valence-electron chi connectivity index (χ4n) is 6.78. The van der Waals surface area contributed by atoms with E-state index in [1.807, 2.05) is 0 Å². The maximum Gasteiger partial charge on any atom is 0.0385 e. The highest BCUT2D eigenvalue weighted by molar-refractivity contribution is 5.56. The summed E-state index contributed by atoms with van der Waals surface area (Å²) < 4.78 is 0. The topological polar surface area (TPSA) is 12.4 Å². The first-order valence-electron chi connectivity index (χ1n) is 21.4. The molecule has 0 bridgehead atoms. The van der Waals surface area contributed by atoms with Crippen molar-refractivity contribution >= 4 is 6.21 Å². The van der Waals surface area contributed by atoms with E-state index in [0.29, 0.717) is 0 Å². The van der Waals surface area contributed by atoms with Crippen LogP contribution < -0.4 is 0 Å². The fourth-order valence-corrected chi connectivity index (χ4v) is 6.78. The van der Waals surface area contributed by atoms with Gasteiger partial charge in [-0.1, -0.05) is 245 Å². The van der Waals surface area contributed by atoms with E-state index in [4.69, 9.17) is 0 Å². The molecule has 0 radical (unpaired) electrons. The lowest BCUT2D eigenvalue weighted by molar-refractivity contribution is 0.522. The van der Waals surface area contributed by atoms with E-state index in [2.05, 4.69) is 25.1 Å². The standard InChI is InChI=1S/C43H87N/c1-3-5-7-9-11-13-15-17-19-21-23-24-25-27-29-31-33-35-37-39-41-43-44-42-40-38-36-34-32-30-28-26-22-20-18-16-14-12-10-8-6-4-2/h43H,3-42H2,1-2H3. The van der Waals surface area contributed by atoms with Gasteiger partial charge in [0, 0.05) is 6.54 Å². The third-order valence-electron chi connectivity index (χ3n) is 9.96. The molecule has 0 aromatic carbocycles. The highest BCUT2D eigenvalue weighted by Crippen LogP contribution is 2.16. The van der Waals surface area contributed by atoms with Crippen molar-refractivity contribution in [3.05, 3.63) is 0 Å². The summed E-state index contributed by atoms with van der Waals surface area (Å²) in [5.41, 5.74) is 0. The summed E-state index contributed by atoms with van der Waals surface area (Å²) in [7, 11) is 0. The van der Waals surface area contributed by atoms with Gasteiger partial charge in [0.1, 0.15) is 0 Å². The molecule has 1 nitrogen and oxygen atoms in total. The van der Waals surface area contributed by atoms with Crippen LogP contribution in [0.2, 0.25) is 0 Å². The van der Waals surface area contributed by atoms with Gasteiger partial charge in [0.05, 0.1) is 0 Å². The quantitative estimate of drug-likeness (QED) is 0.0479. The van der Waals surface area contributed by atoms with Crippen LogP contribution in [0.25, 0.3) is 0 Å². The molecule has 0 aliphatic rings. The van der Waals surface area contributed by atoms with E-state index in [-0.39, 0.29) is 0 Å². The predicted octanol–water partition coefficient (Wildman–Crippen LogP) is 16.3. The minimum atomic E-state index is 1.07. The summed E-state index contributed by atoms with van der Waals surface area (Å²) in [6.07, 6.45) is 58.6. The third-order valence-corrected chi connectivity index (χ3v) is 9.96. The van der Waals surface area contributed by atoms with Gasteiger partial charge in [-0.25, -0.2) is 0 Å². The van der Waals surface area contributed by atoms with Crippen molar-refractivity contribution in [3.8, 4) is 0 Å². The average molecular weight is 618 g/mol. The molecular formula is C43H87N. The zero-order valence-corrected chi connectivity index (χ0v) is 31.3. The van der Waals surface area contributed by atoms with Gasteiger partial charge >= 0.3 is 0 Å². The Bertz CT molecular complexity index is 497. The number of unbranched alkanes of at least 4 members (excludes halogenated alkanes) is 37. The molecule has 264 valence electrons. The SMILES string of the molecule is CCCCCCCCCCCCCCCCCCCCCCC=NCCCCCCCCCCCCCCCCCCCC. The number of rotatable bonds is 40. The van der Waals surface area contributed by atoms with Crippen molar-refractivity contribution in [1.29, 1.82) is 0 Å². The number of aliphatic imine (C=N–C) groups is 1. The second-order valence-electron chi connectivity index (χ2n) is 14.6. The molecule has 0 unspecified atom stereocenters. The number of nitrogens with zero attached hydrogens (tertiary/aromatic N) is 1. The summed E-state index contributed by atoms with van der Waals surface area (Å²) in [6.45, 7) is 5.68.